The Bertz CT molecular complexity index is 226. The molecule has 0 heteroatoms. The van der Waals surface area contributed by atoms with Crippen molar-refractivity contribution in [3.63, 3.8) is 0 Å². The van der Waals surface area contributed by atoms with Gasteiger partial charge in [0, 0.05) is 0 Å². The molecule has 0 aromatic heterocycles. The Balaban J connectivity index is 2.17. The Morgan fingerprint density at radius 2 is 2.00 bits per heavy atom. The fourth-order valence-electron chi connectivity index (χ4n) is 3.65. The van der Waals surface area contributed by atoms with E-state index in [0.29, 0.717) is 0 Å². The van der Waals surface area contributed by atoms with Crippen LogP contribution in [0.15, 0.2) is 11.6 Å². The van der Waals surface area contributed by atoms with Gasteiger partial charge < -0.3 is 0 Å². The van der Waals surface area contributed by atoms with Crippen molar-refractivity contribution in [2.24, 2.45) is 23.7 Å². The van der Waals surface area contributed by atoms with Crippen LogP contribution in [0, 0.1) is 23.7 Å². The number of hydrogen-bond acceptors (Lipinski definition) is 0. The molecule has 0 amide bonds. The van der Waals surface area contributed by atoms with Crippen molar-refractivity contribution in [1.29, 1.82) is 0 Å². The highest BCUT2D eigenvalue weighted by Crippen LogP contribution is 2.45. The molecule has 14 heavy (non-hydrogen) atoms. The Labute approximate surface area is 88.8 Å². The van der Waals surface area contributed by atoms with Gasteiger partial charge in [-0.1, -0.05) is 38.8 Å². The molecule has 0 radical (unpaired) electrons. The van der Waals surface area contributed by atoms with Gasteiger partial charge in [0.25, 0.3) is 0 Å². The van der Waals surface area contributed by atoms with Crippen LogP contribution in [0.4, 0.5) is 0 Å². The number of fused-ring (bicyclic) bond motifs is 1. The van der Waals surface area contributed by atoms with Gasteiger partial charge in [-0.25, -0.2) is 0 Å². The van der Waals surface area contributed by atoms with E-state index in [1.165, 1.54) is 32.1 Å². The summed E-state index contributed by atoms with van der Waals surface area (Å²) in [6.45, 7) is 7.22. The zero-order valence-electron chi connectivity index (χ0n) is 9.92. The average molecular weight is 192 g/mol. The summed E-state index contributed by atoms with van der Waals surface area (Å²) in [5, 5.41) is 0. The molecule has 0 aliphatic heterocycles. The van der Waals surface area contributed by atoms with Gasteiger partial charge in [-0.2, -0.15) is 0 Å². The Morgan fingerprint density at radius 1 is 1.21 bits per heavy atom. The van der Waals surface area contributed by atoms with Crippen molar-refractivity contribution in [2.45, 2.75) is 52.9 Å². The summed E-state index contributed by atoms with van der Waals surface area (Å²) >= 11 is 0. The molecule has 1 fully saturated rings. The Kier molecular flexibility index (Phi) is 2.99. The fourth-order valence-corrected chi connectivity index (χ4v) is 3.65. The van der Waals surface area contributed by atoms with Crippen LogP contribution < -0.4 is 0 Å². The van der Waals surface area contributed by atoms with Gasteiger partial charge in [-0.3, -0.25) is 0 Å². The fraction of sp³-hybridized carbons (Fsp3) is 0.857. The van der Waals surface area contributed by atoms with Crippen molar-refractivity contribution in [2.75, 3.05) is 0 Å². The van der Waals surface area contributed by atoms with Gasteiger partial charge in [0.1, 0.15) is 0 Å². The first-order chi connectivity index (χ1) is 6.72. The van der Waals surface area contributed by atoms with Crippen molar-refractivity contribution < 1.29 is 0 Å². The zero-order valence-corrected chi connectivity index (χ0v) is 9.92. The summed E-state index contributed by atoms with van der Waals surface area (Å²) in [6.07, 6.45) is 9.70. The van der Waals surface area contributed by atoms with E-state index >= 15 is 0 Å². The van der Waals surface area contributed by atoms with Gasteiger partial charge in [0.15, 0.2) is 0 Å². The van der Waals surface area contributed by atoms with E-state index in [0.717, 1.165) is 23.7 Å². The summed E-state index contributed by atoms with van der Waals surface area (Å²) in [7, 11) is 0. The minimum Gasteiger partial charge on any atom is -0.0822 e. The summed E-state index contributed by atoms with van der Waals surface area (Å²) in [5.74, 6) is 3.77. The quantitative estimate of drug-likeness (QED) is 0.540. The van der Waals surface area contributed by atoms with E-state index in [-0.39, 0.29) is 0 Å². The highest BCUT2D eigenvalue weighted by atomic mass is 14.4. The maximum absolute atomic E-state index is 2.59. The molecular formula is C14H24. The largest absolute Gasteiger partial charge is 0.0822 e. The number of allylic oxidation sites excluding steroid dienone is 2. The van der Waals surface area contributed by atoms with Crippen LogP contribution >= 0.6 is 0 Å². The van der Waals surface area contributed by atoms with E-state index in [9.17, 15) is 0 Å². The molecule has 80 valence electrons. The van der Waals surface area contributed by atoms with Crippen molar-refractivity contribution in [3.8, 4) is 0 Å². The van der Waals surface area contributed by atoms with E-state index < -0.39 is 0 Å². The molecule has 0 saturated heterocycles. The molecule has 2 aliphatic carbocycles. The second-order valence-corrected chi connectivity index (χ2v) is 5.49. The first-order valence-corrected chi connectivity index (χ1v) is 6.43. The molecule has 0 spiro atoms. The van der Waals surface area contributed by atoms with Crippen molar-refractivity contribution in [3.05, 3.63) is 11.6 Å². The van der Waals surface area contributed by atoms with Crippen LogP contribution in [-0.4, -0.2) is 0 Å². The summed E-state index contributed by atoms with van der Waals surface area (Å²) < 4.78 is 0. The smallest absolute Gasteiger partial charge is 0.0172 e. The molecule has 2 rings (SSSR count). The minimum absolute atomic E-state index is 0.854. The van der Waals surface area contributed by atoms with Crippen LogP contribution in [0.2, 0.25) is 0 Å². The SMILES string of the molecule is CCC1C(C)CCC2=C[C@H](C)CCC21. The van der Waals surface area contributed by atoms with Crippen molar-refractivity contribution in [1.82, 2.24) is 0 Å². The summed E-state index contributed by atoms with van der Waals surface area (Å²) in [6, 6.07) is 0. The van der Waals surface area contributed by atoms with Crippen molar-refractivity contribution >= 4 is 0 Å². The standard InChI is InChI=1S/C14H24/c1-4-13-11(3)6-7-12-9-10(2)5-8-14(12)13/h9-11,13-14H,4-8H2,1-3H3/t10-,11?,13?,14?/m1/s1. The van der Waals surface area contributed by atoms with E-state index in [2.05, 4.69) is 26.8 Å². The summed E-state index contributed by atoms with van der Waals surface area (Å²) in [5.41, 5.74) is 1.81. The minimum atomic E-state index is 0.854. The van der Waals surface area contributed by atoms with Crippen LogP contribution in [0.3, 0.4) is 0 Å². The number of rotatable bonds is 1. The van der Waals surface area contributed by atoms with E-state index in [4.69, 9.17) is 0 Å². The molecule has 1 saturated carbocycles. The first-order valence-electron chi connectivity index (χ1n) is 6.43. The third-order valence-electron chi connectivity index (χ3n) is 4.52. The molecule has 4 atom stereocenters. The highest BCUT2D eigenvalue weighted by Gasteiger charge is 2.34. The molecule has 2 aliphatic rings. The van der Waals surface area contributed by atoms with Gasteiger partial charge in [0.2, 0.25) is 0 Å². The molecule has 0 heterocycles. The maximum Gasteiger partial charge on any atom is -0.0172 e. The second kappa shape index (κ2) is 4.08. The van der Waals surface area contributed by atoms with Gasteiger partial charge in [0.05, 0.1) is 0 Å². The number of hydrogen-bond donors (Lipinski definition) is 0. The summed E-state index contributed by atoms with van der Waals surface area (Å²) in [4.78, 5) is 0. The lowest BCUT2D eigenvalue weighted by Gasteiger charge is -2.41. The van der Waals surface area contributed by atoms with Gasteiger partial charge in [-0.05, 0) is 49.4 Å². The molecule has 0 nitrogen and oxygen atoms in total. The van der Waals surface area contributed by atoms with Crippen LogP contribution in [-0.2, 0) is 0 Å². The molecule has 0 aromatic carbocycles. The highest BCUT2D eigenvalue weighted by molar-refractivity contribution is 5.16. The van der Waals surface area contributed by atoms with Crippen LogP contribution in [0.25, 0.3) is 0 Å². The molecule has 0 aromatic rings. The third kappa shape index (κ3) is 1.76. The molecular weight excluding hydrogens is 168 g/mol. The van der Waals surface area contributed by atoms with Gasteiger partial charge >= 0.3 is 0 Å². The monoisotopic (exact) mass is 192 g/mol. The average Bonchev–Trinajstić information content (AvgIpc) is 2.18. The predicted octanol–water partition coefficient (Wildman–Crippen LogP) is 4.42. The molecule has 0 N–H and O–H groups in total. The normalized spacial score (nSPS) is 42.9. The first kappa shape index (κ1) is 10.3. The lowest BCUT2D eigenvalue weighted by Crippen LogP contribution is -2.30. The maximum atomic E-state index is 2.59. The molecule has 3 unspecified atom stereocenters. The van der Waals surface area contributed by atoms with Gasteiger partial charge in [-0.15, -0.1) is 0 Å². The molecule has 0 bridgehead atoms. The zero-order chi connectivity index (χ0) is 10.1. The predicted molar refractivity (Wildman–Crippen MR) is 62.2 cm³/mol. The third-order valence-corrected chi connectivity index (χ3v) is 4.52. The lowest BCUT2D eigenvalue weighted by molar-refractivity contribution is 0.185. The van der Waals surface area contributed by atoms with Crippen LogP contribution in [0.5, 0.6) is 0 Å². The Morgan fingerprint density at radius 3 is 2.71 bits per heavy atom. The topological polar surface area (TPSA) is 0 Å². The van der Waals surface area contributed by atoms with E-state index in [1.54, 1.807) is 0 Å². The lowest BCUT2D eigenvalue weighted by atomic mass is 9.64. The Hall–Kier alpha value is -0.260. The second-order valence-electron chi connectivity index (χ2n) is 5.49. The van der Waals surface area contributed by atoms with E-state index in [1.807, 2.05) is 5.57 Å². The van der Waals surface area contributed by atoms with Crippen LogP contribution in [0.1, 0.15) is 52.9 Å².